The van der Waals surface area contributed by atoms with E-state index in [0.717, 1.165) is 31.8 Å². The van der Waals surface area contributed by atoms with E-state index in [1.165, 1.54) is 12.8 Å². The monoisotopic (exact) mass is 259 g/mol. The molecule has 0 atom stereocenters. The van der Waals surface area contributed by atoms with Gasteiger partial charge >= 0.3 is 0 Å². The van der Waals surface area contributed by atoms with E-state index in [2.05, 4.69) is 6.92 Å². The summed E-state index contributed by atoms with van der Waals surface area (Å²) >= 11 is 0. The lowest BCUT2D eigenvalue weighted by molar-refractivity contribution is 0.0188. The van der Waals surface area contributed by atoms with Crippen LogP contribution >= 0.6 is 0 Å². The largest absolute Gasteiger partial charge is 0.382 e. The Balaban J connectivity index is 1.94. The normalized spacial score (nSPS) is 28.5. The SMILES string of the molecule is COCCOCCOCCC1(N)CCC(C)CC1. The molecular formula is C14H29NO3. The third-order valence-corrected chi connectivity index (χ3v) is 3.82. The van der Waals surface area contributed by atoms with Crippen LogP contribution in [0.1, 0.15) is 39.0 Å². The second-order valence-corrected chi connectivity index (χ2v) is 5.51. The molecule has 108 valence electrons. The summed E-state index contributed by atoms with van der Waals surface area (Å²) in [5.74, 6) is 0.844. The third kappa shape index (κ3) is 6.69. The van der Waals surface area contributed by atoms with Crippen LogP contribution in [0.4, 0.5) is 0 Å². The highest BCUT2D eigenvalue weighted by Crippen LogP contribution is 2.32. The zero-order valence-corrected chi connectivity index (χ0v) is 12.0. The highest BCUT2D eigenvalue weighted by atomic mass is 16.5. The summed E-state index contributed by atoms with van der Waals surface area (Å²) in [5.41, 5.74) is 6.39. The number of rotatable bonds is 9. The van der Waals surface area contributed by atoms with Gasteiger partial charge in [-0.05, 0) is 38.0 Å². The lowest BCUT2D eigenvalue weighted by atomic mass is 9.76. The Morgan fingerprint density at radius 3 is 2.17 bits per heavy atom. The van der Waals surface area contributed by atoms with E-state index in [1.807, 2.05) is 0 Å². The topological polar surface area (TPSA) is 53.7 Å². The molecule has 1 aliphatic carbocycles. The van der Waals surface area contributed by atoms with Crippen molar-refractivity contribution in [2.24, 2.45) is 11.7 Å². The van der Waals surface area contributed by atoms with Gasteiger partial charge in [0.05, 0.1) is 26.4 Å². The number of ether oxygens (including phenoxy) is 3. The van der Waals surface area contributed by atoms with Crippen molar-refractivity contribution in [3.05, 3.63) is 0 Å². The van der Waals surface area contributed by atoms with Crippen LogP contribution in [0.5, 0.6) is 0 Å². The van der Waals surface area contributed by atoms with Crippen molar-refractivity contribution < 1.29 is 14.2 Å². The summed E-state index contributed by atoms with van der Waals surface area (Å²) in [7, 11) is 1.67. The number of methoxy groups -OCH3 is 1. The molecule has 0 aliphatic heterocycles. The molecule has 1 aliphatic rings. The van der Waals surface area contributed by atoms with Gasteiger partial charge in [-0.15, -0.1) is 0 Å². The summed E-state index contributed by atoms with van der Waals surface area (Å²) in [6, 6.07) is 0. The maximum atomic E-state index is 6.37. The number of hydrogen-bond acceptors (Lipinski definition) is 4. The Bertz CT molecular complexity index is 203. The van der Waals surface area contributed by atoms with Crippen molar-refractivity contribution in [1.29, 1.82) is 0 Å². The molecule has 2 N–H and O–H groups in total. The predicted molar refractivity (Wildman–Crippen MR) is 72.7 cm³/mol. The van der Waals surface area contributed by atoms with Crippen molar-refractivity contribution in [2.75, 3.05) is 40.1 Å². The van der Waals surface area contributed by atoms with Gasteiger partial charge in [-0.25, -0.2) is 0 Å². The molecular weight excluding hydrogens is 230 g/mol. The molecule has 1 rings (SSSR count). The van der Waals surface area contributed by atoms with Crippen molar-refractivity contribution in [2.45, 2.75) is 44.6 Å². The highest BCUT2D eigenvalue weighted by Gasteiger charge is 2.29. The van der Waals surface area contributed by atoms with Crippen LogP contribution in [0.25, 0.3) is 0 Å². The average molecular weight is 259 g/mol. The van der Waals surface area contributed by atoms with Gasteiger partial charge in [0.15, 0.2) is 0 Å². The van der Waals surface area contributed by atoms with Crippen LogP contribution in [0, 0.1) is 5.92 Å². The Hall–Kier alpha value is -0.160. The molecule has 0 saturated heterocycles. The summed E-state index contributed by atoms with van der Waals surface area (Å²) in [4.78, 5) is 0. The van der Waals surface area contributed by atoms with E-state index < -0.39 is 0 Å². The number of nitrogens with two attached hydrogens (primary N) is 1. The average Bonchev–Trinajstić information content (AvgIpc) is 2.37. The Morgan fingerprint density at radius 2 is 1.56 bits per heavy atom. The van der Waals surface area contributed by atoms with Crippen molar-refractivity contribution >= 4 is 0 Å². The lowest BCUT2D eigenvalue weighted by Crippen LogP contribution is -2.44. The van der Waals surface area contributed by atoms with Gasteiger partial charge in [0.25, 0.3) is 0 Å². The number of hydrogen-bond donors (Lipinski definition) is 1. The van der Waals surface area contributed by atoms with E-state index in [0.29, 0.717) is 26.4 Å². The Labute approximate surface area is 111 Å². The van der Waals surface area contributed by atoms with Gasteiger partial charge < -0.3 is 19.9 Å². The minimum atomic E-state index is 0.0173. The van der Waals surface area contributed by atoms with Crippen LogP contribution in [-0.4, -0.2) is 45.7 Å². The molecule has 0 aromatic rings. The van der Waals surface area contributed by atoms with E-state index in [9.17, 15) is 0 Å². The predicted octanol–water partition coefficient (Wildman–Crippen LogP) is 1.96. The fourth-order valence-electron chi connectivity index (χ4n) is 2.33. The zero-order chi connectivity index (χ0) is 13.3. The van der Waals surface area contributed by atoms with Gasteiger partial charge in [0.2, 0.25) is 0 Å². The van der Waals surface area contributed by atoms with Gasteiger partial charge in [-0.1, -0.05) is 6.92 Å². The fraction of sp³-hybridized carbons (Fsp3) is 1.00. The maximum absolute atomic E-state index is 6.37. The molecule has 0 aromatic heterocycles. The fourth-order valence-corrected chi connectivity index (χ4v) is 2.33. The van der Waals surface area contributed by atoms with E-state index in [-0.39, 0.29) is 5.54 Å². The molecule has 0 amide bonds. The maximum Gasteiger partial charge on any atom is 0.0701 e. The van der Waals surface area contributed by atoms with Crippen molar-refractivity contribution in [3.63, 3.8) is 0 Å². The Morgan fingerprint density at radius 1 is 1.00 bits per heavy atom. The molecule has 4 heteroatoms. The van der Waals surface area contributed by atoms with Crippen molar-refractivity contribution in [1.82, 2.24) is 0 Å². The minimum Gasteiger partial charge on any atom is -0.382 e. The first-order chi connectivity index (χ1) is 8.66. The quantitative estimate of drug-likeness (QED) is 0.643. The van der Waals surface area contributed by atoms with Crippen LogP contribution in [0.2, 0.25) is 0 Å². The van der Waals surface area contributed by atoms with Crippen LogP contribution in [0.15, 0.2) is 0 Å². The highest BCUT2D eigenvalue weighted by molar-refractivity contribution is 4.88. The zero-order valence-electron chi connectivity index (χ0n) is 12.0. The molecule has 0 heterocycles. The summed E-state index contributed by atoms with van der Waals surface area (Å²) < 4.78 is 15.8. The van der Waals surface area contributed by atoms with E-state index >= 15 is 0 Å². The summed E-state index contributed by atoms with van der Waals surface area (Å²) in [6.45, 7) is 5.63. The molecule has 0 bridgehead atoms. The molecule has 0 unspecified atom stereocenters. The van der Waals surface area contributed by atoms with Crippen LogP contribution in [-0.2, 0) is 14.2 Å². The standard InChI is InChI=1S/C14H29NO3/c1-13-3-5-14(15,6-4-13)7-8-17-11-12-18-10-9-16-2/h13H,3-12,15H2,1-2H3. The molecule has 1 saturated carbocycles. The van der Waals surface area contributed by atoms with Gasteiger partial charge in [0.1, 0.15) is 0 Å². The molecule has 18 heavy (non-hydrogen) atoms. The first kappa shape index (κ1) is 15.9. The van der Waals surface area contributed by atoms with Crippen molar-refractivity contribution in [3.8, 4) is 0 Å². The first-order valence-electron chi connectivity index (χ1n) is 7.09. The molecule has 0 spiro atoms. The minimum absolute atomic E-state index is 0.0173. The van der Waals surface area contributed by atoms with Crippen LogP contribution in [0.3, 0.4) is 0 Å². The Kier molecular flexibility index (Phi) is 7.82. The molecule has 4 nitrogen and oxygen atoms in total. The first-order valence-corrected chi connectivity index (χ1v) is 7.09. The van der Waals surface area contributed by atoms with E-state index in [1.54, 1.807) is 7.11 Å². The second kappa shape index (κ2) is 8.86. The second-order valence-electron chi connectivity index (χ2n) is 5.51. The molecule has 1 fully saturated rings. The summed E-state index contributed by atoms with van der Waals surface area (Å²) in [6.07, 6.45) is 5.77. The van der Waals surface area contributed by atoms with Gasteiger partial charge in [-0.3, -0.25) is 0 Å². The molecule has 0 aromatic carbocycles. The van der Waals surface area contributed by atoms with Gasteiger partial charge in [0, 0.05) is 19.3 Å². The summed E-state index contributed by atoms with van der Waals surface area (Å²) in [5, 5.41) is 0. The lowest BCUT2D eigenvalue weighted by Gasteiger charge is -2.36. The van der Waals surface area contributed by atoms with E-state index in [4.69, 9.17) is 19.9 Å². The molecule has 0 radical (unpaired) electrons. The van der Waals surface area contributed by atoms with Crippen LogP contribution < -0.4 is 5.73 Å². The third-order valence-electron chi connectivity index (χ3n) is 3.82. The smallest absolute Gasteiger partial charge is 0.0701 e. The van der Waals surface area contributed by atoms with Gasteiger partial charge in [-0.2, -0.15) is 0 Å².